The molecule has 0 spiro atoms. The molecule has 0 aliphatic rings. The van der Waals surface area contributed by atoms with Crippen molar-refractivity contribution in [1.29, 1.82) is 0 Å². The Balaban J connectivity index is 1.31. The average molecular weight is 417 g/mol. The second-order valence-corrected chi connectivity index (χ2v) is 7.31. The first-order valence-corrected chi connectivity index (χ1v) is 10.3. The van der Waals surface area contributed by atoms with Crippen LogP contribution in [0.2, 0.25) is 0 Å². The van der Waals surface area contributed by atoms with Crippen molar-refractivity contribution in [2.75, 3.05) is 18.2 Å². The molecular formula is C23H19N3O3S. The van der Waals surface area contributed by atoms with E-state index in [2.05, 4.69) is 27.6 Å². The molecule has 7 heteroatoms. The fraction of sp³-hybridized carbons (Fsp3) is 0.0870. The molecule has 30 heavy (non-hydrogen) atoms. The van der Waals surface area contributed by atoms with Gasteiger partial charge in [0.15, 0.2) is 0 Å². The van der Waals surface area contributed by atoms with Gasteiger partial charge >= 0.3 is 0 Å². The lowest BCUT2D eigenvalue weighted by Gasteiger charge is -2.06. The van der Waals surface area contributed by atoms with Crippen molar-refractivity contribution in [3.05, 3.63) is 78.9 Å². The summed E-state index contributed by atoms with van der Waals surface area (Å²) in [6, 6.07) is 25.2. The molecule has 0 atom stereocenters. The van der Waals surface area contributed by atoms with Crippen LogP contribution in [-0.4, -0.2) is 29.0 Å². The van der Waals surface area contributed by atoms with E-state index in [9.17, 15) is 4.79 Å². The van der Waals surface area contributed by atoms with Crippen molar-refractivity contribution in [3.63, 3.8) is 0 Å². The zero-order valence-corrected chi connectivity index (χ0v) is 17.1. The highest BCUT2D eigenvalue weighted by atomic mass is 32.2. The summed E-state index contributed by atoms with van der Waals surface area (Å²) in [7, 11) is 1.61. The van der Waals surface area contributed by atoms with Crippen LogP contribution in [0, 0.1) is 0 Å². The van der Waals surface area contributed by atoms with E-state index in [1.54, 1.807) is 7.11 Å². The van der Waals surface area contributed by atoms with E-state index in [1.165, 1.54) is 11.8 Å². The summed E-state index contributed by atoms with van der Waals surface area (Å²) >= 11 is 1.19. The number of thioether (sulfide) groups is 1. The number of anilines is 1. The number of amides is 1. The van der Waals surface area contributed by atoms with E-state index in [1.807, 2.05) is 66.7 Å². The first-order chi connectivity index (χ1) is 14.7. The number of methoxy groups -OCH3 is 1. The third-order valence-corrected chi connectivity index (χ3v) is 5.16. The topological polar surface area (TPSA) is 77.2 Å². The van der Waals surface area contributed by atoms with Crippen LogP contribution in [0.5, 0.6) is 5.75 Å². The quantitative estimate of drug-likeness (QED) is 0.420. The molecule has 0 aliphatic carbocycles. The molecule has 1 amide bonds. The van der Waals surface area contributed by atoms with Crippen molar-refractivity contribution in [2.24, 2.45) is 0 Å². The number of rotatable bonds is 7. The van der Waals surface area contributed by atoms with Gasteiger partial charge in [-0.2, -0.15) is 0 Å². The standard InChI is InChI=1S/C23H19N3O3S/c1-28-20-13-9-18(10-14-20)22-25-26-23(29-22)30-15-21(27)24-19-11-7-17(8-12-19)16-5-3-2-4-6-16/h2-14H,15H2,1H3,(H,24,27). The molecule has 4 rings (SSSR count). The maximum atomic E-state index is 12.3. The number of nitrogens with one attached hydrogen (secondary N) is 1. The average Bonchev–Trinajstić information content (AvgIpc) is 3.28. The number of aromatic nitrogens is 2. The summed E-state index contributed by atoms with van der Waals surface area (Å²) in [6.45, 7) is 0. The Morgan fingerprint density at radius 1 is 0.900 bits per heavy atom. The lowest BCUT2D eigenvalue weighted by Crippen LogP contribution is -2.13. The minimum atomic E-state index is -0.142. The molecule has 0 bridgehead atoms. The first kappa shape index (κ1) is 19.7. The fourth-order valence-electron chi connectivity index (χ4n) is 2.82. The number of carbonyl (C=O) groups excluding carboxylic acids is 1. The van der Waals surface area contributed by atoms with E-state index in [0.29, 0.717) is 11.1 Å². The normalized spacial score (nSPS) is 10.6. The molecule has 3 aromatic carbocycles. The van der Waals surface area contributed by atoms with Crippen molar-refractivity contribution in [3.8, 4) is 28.3 Å². The van der Waals surface area contributed by atoms with Crippen LogP contribution in [0.3, 0.4) is 0 Å². The van der Waals surface area contributed by atoms with Crippen LogP contribution in [-0.2, 0) is 4.79 Å². The van der Waals surface area contributed by atoms with Crippen LogP contribution >= 0.6 is 11.8 Å². The van der Waals surface area contributed by atoms with E-state index in [0.717, 1.165) is 28.1 Å². The fourth-order valence-corrected chi connectivity index (χ4v) is 3.38. The largest absolute Gasteiger partial charge is 0.497 e. The monoisotopic (exact) mass is 417 g/mol. The minimum Gasteiger partial charge on any atom is -0.497 e. The highest BCUT2D eigenvalue weighted by molar-refractivity contribution is 7.99. The summed E-state index contributed by atoms with van der Waals surface area (Å²) < 4.78 is 10.8. The van der Waals surface area contributed by atoms with Crippen molar-refractivity contribution >= 4 is 23.4 Å². The van der Waals surface area contributed by atoms with E-state index < -0.39 is 0 Å². The Morgan fingerprint density at radius 3 is 2.27 bits per heavy atom. The van der Waals surface area contributed by atoms with E-state index in [-0.39, 0.29) is 11.7 Å². The maximum absolute atomic E-state index is 12.3. The molecule has 1 N–H and O–H groups in total. The zero-order valence-electron chi connectivity index (χ0n) is 16.2. The Bertz CT molecular complexity index is 1110. The molecule has 0 aliphatic heterocycles. The molecule has 1 heterocycles. The van der Waals surface area contributed by atoms with Crippen LogP contribution in [0.25, 0.3) is 22.6 Å². The molecule has 1 aromatic heterocycles. The molecular weight excluding hydrogens is 398 g/mol. The van der Waals surface area contributed by atoms with Crippen molar-refractivity contribution < 1.29 is 13.9 Å². The third kappa shape index (κ3) is 4.87. The minimum absolute atomic E-state index is 0.142. The first-order valence-electron chi connectivity index (χ1n) is 9.27. The van der Waals surface area contributed by atoms with Crippen LogP contribution < -0.4 is 10.1 Å². The van der Waals surface area contributed by atoms with Gasteiger partial charge in [0.25, 0.3) is 5.22 Å². The summed E-state index contributed by atoms with van der Waals surface area (Å²) in [5.74, 6) is 1.18. The molecule has 0 saturated heterocycles. The van der Waals surface area contributed by atoms with Gasteiger partial charge < -0.3 is 14.5 Å². The molecule has 4 aromatic rings. The molecule has 0 saturated carbocycles. The predicted octanol–water partition coefficient (Wildman–Crippen LogP) is 5.14. The SMILES string of the molecule is COc1ccc(-c2nnc(SCC(=O)Nc3ccc(-c4ccccc4)cc3)o2)cc1. The Morgan fingerprint density at radius 2 is 1.57 bits per heavy atom. The number of carbonyl (C=O) groups is 1. The molecule has 0 unspecified atom stereocenters. The van der Waals surface area contributed by atoms with Crippen LogP contribution in [0.4, 0.5) is 5.69 Å². The smallest absolute Gasteiger partial charge is 0.277 e. The van der Waals surface area contributed by atoms with Crippen molar-refractivity contribution in [1.82, 2.24) is 10.2 Å². The van der Waals surface area contributed by atoms with Gasteiger partial charge in [-0.15, -0.1) is 10.2 Å². The Hall–Kier alpha value is -3.58. The van der Waals surface area contributed by atoms with Gasteiger partial charge in [0.2, 0.25) is 11.8 Å². The van der Waals surface area contributed by atoms with Crippen molar-refractivity contribution in [2.45, 2.75) is 5.22 Å². The molecule has 0 radical (unpaired) electrons. The lowest BCUT2D eigenvalue weighted by molar-refractivity contribution is -0.113. The number of hydrogen-bond donors (Lipinski definition) is 1. The second kappa shape index (κ2) is 9.28. The summed E-state index contributed by atoms with van der Waals surface area (Å²) in [6.07, 6.45) is 0. The number of ether oxygens (including phenoxy) is 1. The van der Waals surface area contributed by atoms with Gasteiger partial charge in [0.1, 0.15) is 5.75 Å². The van der Waals surface area contributed by atoms with E-state index >= 15 is 0 Å². The van der Waals surface area contributed by atoms with Gasteiger partial charge in [0.05, 0.1) is 12.9 Å². The van der Waals surface area contributed by atoms with Gasteiger partial charge in [-0.1, -0.05) is 54.2 Å². The Labute approximate surface area is 178 Å². The summed E-state index contributed by atoms with van der Waals surface area (Å²) in [4.78, 5) is 12.3. The van der Waals surface area contributed by atoms with Gasteiger partial charge in [0, 0.05) is 11.3 Å². The number of benzene rings is 3. The van der Waals surface area contributed by atoms with E-state index in [4.69, 9.17) is 9.15 Å². The second-order valence-electron chi connectivity index (χ2n) is 6.38. The summed E-state index contributed by atoms with van der Waals surface area (Å²) in [5.41, 5.74) is 3.76. The number of nitrogens with zero attached hydrogens (tertiary/aromatic N) is 2. The zero-order chi connectivity index (χ0) is 20.8. The third-order valence-electron chi connectivity index (χ3n) is 4.35. The maximum Gasteiger partial charge on any atom is 0.277 e. The summed E-state index contributed by atoms with van der Waals surface area (Å²) in [5, 5.41) is 11.2. The molecule has 6 nitrogen and oxygen atoms in total. The Kier molecular flexibility index (Phi) is 6.10. The van der Waals surface area contributed by atoms with Gasteiger partial charge in [-0.3, -0.25) is 4.79 Å². The predicted molar refractivity (Wildman–Crippen MR) is 118 cm³/mol. The van der Waals surface area contributed by atoms with Gasteiger partial charge in [-0.25, -0.2) is 0 Å². The van der Waals surface area contributed by atoms with Crippen LogP contribution in [0.1, 0.15) is 0 Å². The van der Waals surface area contributed by atoms with Crippen LogP contribution in [0.15, 0.2) is 88.5 Å². The lowest BCUT2D eigenvalue weighted by atomic mass is 10.1. The highest BCUT2D eigenvalue weighted by Crippen LogP contribution is 2.25. The molecule has 0 fully saturated rings. The number of hydrogen-bond acceptors (Lipinski definition) is 6. The van der Waals surface area contributed by atoms with Gasteiger partial charge in [-0.05, 0) is 47.5 Å². The molecule has 150 valence electrons. The highest BCUT2D eigenvalue weighted by Gasteiger charge is 2.12.